The Morgan fingerprint density at radius 2 is 2.19 bits per heavy atom. The summed E-state index contributed by atoms with van der Waals surface area (Å²) >= 11 is 0. The predicted octanol–water partition coefficient (Wildman–Crippen LogP) is 2.32. The normalized spacial score (nSPS) is 20.5. The number of nitrogens with one attached hydrogen (secondary N) is 1. The van der Waals surface area contributed by atoms with Crippen LogP contribution in [-0.4, -0.2) is 41.1 Å². The molecule has 1 saturated heterocycles. The summed E-state index contributed by atoms with van der Waals surface area (Å²) < 4.78 is 0. The molecule has 118 valence electrons. The molecule has 2 N–H and O–H groups in total. The first-order valence-electron chi connectivity index (χ1n) is 7.57. The van der Waals surface area contributed by atoms with E-state index >= 15 is 0 Å². The summed E-state index contributed by atoms with van der Waals surface area (Å²) in [5.41, 5.74) is -0.826. The average molecular weight is 294 g/mol. The summed E-state index contributed by atoms with van der Waals surface area (Å²) in [7, 11) is 0. The summed E-state index contributed by atoms with van der Waals surface area (Å²) in [5.74, 6) is 1.73. The molecule has 21 heavy (non-hydrogen) atoms. The van der Waals surface area contributed by atoms with E-state index in [0.29, 0.717) is 13.1 Å². The van der Waals surface area contributed by atoms with E-state index in [-0.39, 0.29) is 18.0 Å². The minimum Gasteiger partial charge on any atom is -0.481 e. The number of terminal acetylenes is 1. The first-order valence-corrected chi connectivity index (χ1v) is 7.57. The first kappa shape index (κ1) is 17.4. The fourth-order valence-corrected chi connectivity index (χ4v) is 2.65. The maximum absolute atomic E-state index is 12.3. The van der Waals surface area contributed by atoms with Crippen LogP contribution in [0.25, 0.3) is 0 Å². The van der Waals surface area contributed by atoms with E-state index in [0.717, 1.165) is 25.7 Å². The van der Waals surface area contributed by atoms with Gasteiger partial charge in [-0.05, 0) is 39.0 Å². The molecule has 0 bridgehead atoms. The lowest BCUT2D eigenvalue weighted by Gasteiger charge is -2.39. The van der Waals surface area contributed by atoms with E-state index in [1.165, 1.54) is 0 Å². The number of rotatable bonds is 5. The summed E-state index contributed by atoms with van der Waals surface area (Å²) in [6.45, 7) is 6.59. The topological polar surface area (TPSA) is 69.6 Å². The van der Waals surface area contributed by atoms with Crippen molar-refractivity contribution < 1.29 is 14.7 Å². The van der Waals surface area contributed by atoms with Crippen LogP contribution in [0.1, 0.15) is 46.5 Å². The molecule has 1 heterocycles. The van der Waals surface area contributed by atoms with Crippen molar-refractivity contribution >= 4 is 12.0 Å². The largest absolute Gasteiger partial charge is 0.481 e. The van der Waals surface area contributed by atoms with E-state index in [2.05, 4.69) is 11.2 Å². The molecule has 0 aromatic rings. The Hall–Kier alpha value is -1.70. The number of nitrogens with zero attached hydrogens (tertiary/aromatic N) is 1. The highest BCUT2D eigenvalue weighted by Crippen LogP contribution is 2.34. The smallest absolute Gasteiger partial charge is 0.318 e. The number of amides is 2. The van der Waals surface area contributed by atoms with E-state index in [1.807, 2.05) is 6.92 Å². The molecule has 0 aromatic heterocycles. The molecule has 0 radical (unpaired) electrons. The Morgan fingerprint density at radius 1 is 1.52 bits per heavy atom. The molecule has 0 aliphatic carbocycles. The molecule has 1 fully saturated rings. The third-order valence-corrected chi connectivity index (χ3v) is 4.36. The second-order valence-electron chi connectivity index (χ2n) is 6.27. The number of carbonyl (C=O) groups is 2. The maximum atomic E-state index is 12.3. The third kappa shape index (κ3) is 4.38. The van der Waals surface area contributed by atoms with Crippen LogP contribution in [0, 0.1) is 23.7 Å². The number of hydrogen-bond donors (Lipinski definition) is 2. The summed E-state index contributed by atoms with van der Waals surface area (Å²) in [5, 5.41) is 12.2. The molecule has 2 atom stereocenters. The van der Waals surface area contributed by atoms with Gasteiger partial charge in [0.2, 0.25) is 0 Å². The Morgan fingerprint density at radius 3 is 2.71 bits per heavy atom. The molecule has 0 saturated carbocycles. The number of likely N-dealkylation sites (tertiary alicyclic amines) is 1. The standard InChI is InChI=1S/C16H26N2O3/c1-5-8-13(6-2)17-15(21)18-10-7-9-12(11-18)16(3,4)14(19)20/h2,12-13H,5,7-11H2,1,3-4H3,(H,17,21)(H,19,20). The molecule has 0 spiro atoms. The van der Waals surface area contributed by atoms with Crippen LogP contribution in [0.3, 0.4) is 0 Å². The number of aliphatic carboxylic acids is 1. The van der Waals surface area contributed by atoms with Crippen molar-refractivity contribution in [2.24, 2.45) is 11.3 Å². The summed E-state index contributed by atoms with van der Waals surface area (Å²) in [6.07, 6.45) is 8.72. The van der Waals surface area contributed by atoms with Crippen LogP contribution in [0.15, 0.2) is 0 Å². The molecular weight excluding hydrogens is 268 g/mol. The summed E-state index contributed by atoms with van der Waals surface area (Å²) in [6, 6.07) is -0.437. The van der Waals surface area contributed by atoms with Gasteiger partial charge < -0.3 is 15.3 Å². The van der Waals surface area contributed by atoms with Crippen LogP contribution in [0.4, 0.5) is 4.79 Å². The molecule has 1 aliphatic rings. The second kappa shape index (κ2) is 7.35. The Balaban J connectivity index is 2.66. The van der Waals surface area contributed by atoms with Gasteiger partial charge in [0.05, 0.1) is 11.5 Å². The first-order chi connectivity index (χ1) is 9.82. The Bertz CT molecular complexity index is 426. The Labute approximate surface area is 127 Å². The van der Waals surface area contributed by atoms with Gasteiger partial charge in [0.25, 0.3) is 0 Å². The van der Waals surface area contributed by atoms with E-state index < -0.39 is 11.4 Å². The number of carboxylic acids is 1. The third-order valence-electron chi connectivity index (χ3n) is 4.36. The molecule has 2 unspecified atom stereocenters. The predicted molar refractivity (Wildman–Crippen MR) is 81.8 cm³/mol. The number of hydrogen-bond acceptors (Lipinski definition) is 2. The van der Waals surface area contributed by atoms with Crippen molar-refractivity contribution in [3.63, 3.8) is 0 Å². The fraction of sp³-hybridized carbons (Fsp3) is 0.750. The second-order valence-corrected chi connectivity index (χ2v) is 6.27. The number of piperidine rings is 1. The van der Waals surface area contributed by atoms with Crippen LogP contribution >= 0.6 is 0 Å². The minimum atomic E-state index is -0.826. The lowest BCUT2D eigenvalue weighted by atomic mass is 9.74. The van der Waals surface area contributed by atoms with Crippen molar-refractivity contribution in [2.45, 2.75) is 52.5 Å². The lowest BCUT2D eigenvalue weighted by Crippen LogP contribution is -2.51. The minimum absolute atomic E-state index is 0.0371. The summed E-state index contributed by atoms with van der Waals surface area (Å²) in [4.78, 5) is 25.3. The Kier molecular flexibility index (Phi) is 6.07. The van der Waals surface area contributed by atoms with Crippen molar-refractivity contribution in [1.29, 1.82) is 0 Å². The van der Waals surface area contributed by atoms with Gasteiger partial charge in [-0.1, -0.05) is 19.3 Å². The molecule has 1 rings (SSSR count). The van der Waals surface area contributed by atoms with Gasteiger partial charge in [0, 0.05) is 13.1 Å². The zero-order valence-corrected chi connectivity index (χ0v) is 13.2. The van der Waals surface area contributed by atoms with Crippen LogP contribution in [-0.2, 0) is 4.79 Å². The highest BCUT2D eigenvalue weighted by Gasteiger charge is 2.40. The molecular formula is C16H26N2O3. The number of carbonyl (C=O) groups excluding carboxylic acids is 1. The van der Waals surface area contributed by atoms with Crippen molar-refractivity contribution in [3.05, 3.63) is 0 Å². The van der Waals surface area contributed by atoms with Gasteiger partial charge in [-0.15, -0.1) is 6.42 Å². The zero-order valence-electron chi connectivity index (χ0n) is 13.2. The molecule has 5 nitrogen and oxygen atoms in total. The molecule has 1 aliphatic heterocycles. The number of carboxylic acid groups (broad SMARTS) is 1. The van der Waals surface area contributed by atoms with Gasteiger partial charge in [0.1, 0.15) is 0 Å². The molecule has 2 amide bonds. The van der Waals surface area contributed by atoms with Crippen LogP contribution < -0.4 is 5.32 Å². The van der Waals surface area contributed by atoms with Crippen molar-refractivity contribution in [2.75, 3.05) is 13.1 Å². The van der Waals surface area contributed by atoms with Gasteiger partial charge >= 0.3 is 12.0 Å². The van der Waals surface area contributed by atoms with Crippen molar-refractivity contribution in [3.8, 4) is 12.3 Å². The SMILES string of the molecule is C#CC(CCC)NC(=O)N1CCCC(C(C)(C)C(=O)O)C1. The van der Waals surface area contributed by atoms with E-state index in [4.69, 9.17) is 6.42 Å². The van der Waals surface area contributed by atoms with Crippen molar-refractivity contribution in [1.82, 2.24) is 10.2 Å². The van der Waals surface area contributed by atoms with Gasteiger partial charge in [-0.3, -0.25) is 4.79 Å². The van der Waals surface area contributed by atoms with Crippen LogP contribution in [0.2, 0.25) is 0 Å². The lowest BCUT2D eigenvalue weighted by molar-refractivity contribution is -0.151. The van der Waals surface area contributed by atoms with Gasteiger partial charge in [0.15, 0.2) is 0 Å². The van der Waals surface area contributed by atoms with E-state index in [9.17, 15) is 14.7 Å². The fourth-order valence-electron chi connectivity index (χ4n) is 2.65. The molecule has 0 aromatic carbocycles. The number of urea groups is 1. The van der Waals surface area contributed by atoms with Gasteiger partial charge in [-0.25, -0.2) is 4.79 Å². The molecule has 5 heteroatoms. The highest BCUT2D eigenvalue weighted by atomic mass is 16.4. The highest BCUT2D eigenvalue weighted by molar-refractivity contribution is 5.76. The quantitative estimate of drug-likeness (QED) is 0.765. The zero-order chi connectivity index (χ0) is 16.0. The maximum Gasteiger partial charge on any atom is 0.318 e. The van der Waals surface area contributed by atoms with Gasteiger partial charge in [-0.2, -0.15) is 0 Å². The van der Waals surface area contributed by atoms with Crippen LogP contribution in [0.5, 0.6) is 0 Å². The van der Waals surface area contributed by atoms with E-state index in [1.54, 1.807) is 18.7 Å². The monoisotopic (exact) mass is 294 g/mol. The average Bonchev–Trinajstić information content (AvgIpc) is 2.46.